The van der Waals surface area contributed by atoms with Gasteiger partial charge < -0.3 is 19.7 Å². The first-order valence-electron chi connectivity index (χ1n) is 7.13. The van der Waals surface area contributed by atoms with Crippen LogP contribution in [0.3, 0.4) is 0 Å². The second kappa shape index (κ2) is 6.85. The maximum absolute atomic E-state index is 5.76. The van der Waals surface area contributed by atoms with Crippen LogP contribution < -0.4 is 10.2 Å². The fourth-order valence-corrected chi connectivity index (χ4v) is 3.37. The molecule has 0 bridgehead atoms. The van der Waals surface area contributed by atoms with Crippen molar-refractivity contribution in [3.8, 4) is 0 Å². The molecular formula is C14H25N3O2S. The normalized spacial score (nSPS) is 18.5. The Hall–Kier alpha value is -0.690. The van der Waals surface area contributed by atoms with Crippen LogP contribution in [0.1, 0.15) is 31.3 Å². The van der Waals surface area contributed by atoms with Gasteiger partial charge in [0.25, 0.3) is 0 Å². The van der Waals surface area contributed by atoms with Crippen LogP contribution in [0.2, 0.25) is 0 Å². The van der Waals surface area contributed by atoms with Gasteiger partial charge in [0.2, 0.25) is 0 Å². The molecule has 2 rings (SSSR count). The number of ether oxygens (including phenoxy) is 2. The van der Waals surface area contributed by atoms with Gasteiger partial charge in [0.15, 0.2) is 5.13 Å². The minimum atomic E-state index is -0.104. The highest BCUT2D eigenvalue weighted by atomic mass is 32.1. The molecule has 1 saturated heterocycles. The molecule has 1 N–H and O–H groups in total. The number of anilines is 1. The van der Waals surface area contributed by atoms with E-state index in [9.17, 15) is 0 Å². The quantitative estimate of drug-likeness (QED) is 0.871. The molecule has 0 saturated carbocycles. The third-order valence-corrected chi connectivity index (χ3v) is 4.44. The number of methoxy groups -OCH3 is 1. The van der Waals surface area contributed by atoms with Crippen LogP contribution in [-0.2, 0) is 22.6 Å². The van der Waals surface area contributed by atoms with Crippen LogP contribution in [0.5, 0.6) is 0 Å². The van der Waals surface area contributed by atoms with E-state index in [1.54, 1.807) is 18.4 Å². The zero-order valence-corrected chi connectivity index (χ0v) is 13.7. The molecule has 1 fully saturated rings. The minimum Gasteiger partial charge on any atom is -0.378 e. The molecule has 6 heteroatoms. The predicted octanol–water partition coefficient (Wildman–Crippen LogP) is 2.01. The summed E-state index contributed by atoms with van der Waals surface area (Å²) in [7, 11) is 1.72. The van der Waals surface area contributed by atoms with Crippen molar-refractivity contribution in [2.24, 2.45) is 0 Å². The van der Waals surface area contributed by atoms with Crippen LogP contribution in [0.15, 0.2) is 0 Å². The highest BCUT2D eigenvalue weighted by molar-refractivity contribution is 7.15. The fourth-order valence-electron chi connectivity index (χ4n) is 2.31. The van der Waals surface area contributed by atoms with E-state index in [2.05, 4.69) is 31.0 Å². The van der Waals surface area contributed by atoms with E-state index in [4.69, 9.17) is 14.5 Å². The molecule has 0 unspecified atom stereocenters. The average molecular weight is 299 g/mol. The van der Waals surface area contributed by atoms with E-state index in [1.165, 1.54) is 4.88 Å². The molecule has 0 aromatic carbocycles. The molecular weight excluding hydrogens is 274 g/mol. The maximum atomic E-state index is 5.76. The molecule has 0 atom stereocenters. The lowest BCUT2D eigenvalue weighted by molar-refractivity contribution is -0.0277. The molecule has 1 aromatic heterocycles. The molecule has 5 nitrogen and oxygen atoms in total. The van der Waals surface area contributed by atoms with Gasteiger partial charge in [-0.15, -0.1) is 11.3 Å². The number of nitrogens with zero attached hydrogens (tertiary/aromatic N) is 2. The Morgan fingerprint density at radius 1 is 1.50 bits per heavy atom. The number of morpholine rings is 1. The number of hydrogen-bond acceptors (Lipinski definition) is 6. The van der Waals surface area contributed by atoms with Gasteiger partial charge in [-0.3, -0.25) is 0 Å². The standard InChI is InChI=1S/C14H25N3O2S/c1-5-15-8-12-11(9-18-4)16-13(20-12)17-6-7-19-14(2,3)10-17/h15H,5-10H2,1-4H3. The number of rotatable bonds is 6. The van der Waals surface area contributed by atoms with Gasteiger partial charge in [-0.05, 0) is 20.4 Å². The summed E-state index contributed by atoms with van der Waals surface area (Å²) in [5, 5.41) is 4.45. The van der Waals surface area contributed by atoms with Crippen molar-refractivity contribution >= 4 is 16.5 Å². The molecule has 20 heavy (non-hydrogen) atoms. The van der Waals surface area contributed by atoms with Crippen LogP contribution in [-0.4, -0.2) is 43.9 Å². The monoisotopic (exact) mass is 299 g/mol. The van der Waals surface area contributed by atoms with Crippen LogP contribution in [0.4, 0.5) is 5.13 Å². The summed E-state index contributed by atoms with van der Waals surface area (Å²) < 4.78 is 11.0. The van der Waals surface area contributed by atoms with Crippen LogP contribution in [0.25, 0.3) is 0 Å². The van der Waals surface area contributed by atoms with Gasteiger partial charge >= 0.3 is 0 Å². The van der Waals surface area contributed by atoms with E-state index < -0.39 is 0 Å². The van der Waals surface area contributed by atoms with Gasteiger partial charge in [-0.1, -0.05) is 6.92 Å². The third kappa shape index (κ3) is 3.91. The SMILES string of the molecule is CCNCc1sc(N2CCOC(C)(C)C2)nc1COC. The molecule has 0 radical (unpaired) electrons. The minimum absolute atomic E-state index is 0.104. The van der Waals surface area contributed by atoms with E-state index in [0.717, 1.165) is 43.6 Å². The largest absolute Gasteiger partial charge is 0.378 e. The van der Waals surface area contributed by atoms with Gasteiger partial charge in [-0.25, -0.2) is 4.98 Å². The lowest BCUT2D eigenvalue weighted by Gasteiger charge is -2.38. The average Bonchev–Trinajstić information content (AvgIpc) is 2.79. The smallest absolute Gasteiger partial charge is 0.186 e. The second-order valence-corrected chi connectivity index (χ2v) is 6.67. The van der Waals surface area contributed by atoms with Gasteiger partial charge in [-0.2, -0.15) is 0 Å². The van der Waals surface area contributed by atoms with Crippen LogP contribution >= 0.6 is 11.3 Å². The van der Waals surface area contributed by atoms with Crippen molar-refractivity contribution in [3.63, 3.8) is 0 Å². The van der Waals surface area contributed by atoms with Crippen molar-refractivity contribution in [2.45, 2.75) is 39.5 Å². The summed E-state index contributed by atoms with van der Waals surface area (Å²) in [6, 6.07) is 0. The Morgan fingerprint density at radius 3 is 2.95 bits per heavy atom. The molecule has 0 amide bonds. The summed E-state index contributed by atoms with van der Waals surface area (Å²) >= 11 is 1.76. The zero-order chi connectivity index (χ0) is 14.6. The molecule has 2 heterocycles. The maximum Gasteiger partial charge on any atom is 0.186 e. The topological polar surface area (TPSA) is 46.6 Å². The first-order valence-corrected chi connectivity index (χ1v) is 7.94. The molecule has 0 aliphatic carbocycles. The summed E-state index contributed by atoms with van der Waals surface area (Å²) in [5.41, 5.74) is 0.949. The zero-order valence-electron chi connectivity index (χ0n) is 12.9. The van der Waals surface area contributed by atoms with Gasteiger partial charge in [0, 0.05) is 31.6 Å². The third-order valence-electron chi connectivity index (χ3n) is 3.28. The summed E-state index contributed by atoms with van der Waals surface area (Å²) in [6.07, 6.45) is 0. The van der Waals surface area contributed by atoms with Crippen LogP contribution in [0, 0.1) is 0 Å². The number of nitrogens with one attached hydrogen (secondary N) is 1. The molecule has 114 valence electrons. The molecule has 1 aromatic rings. The Labute approximate surface area is 125 Å². The van der Waals surface area contributed by atoms with Gasteiger partial charge in [0.1, 0.15) is 0 Å². The van der Waals surface area contributed by atoms with E-state index in [0.29, 0.717) is 6.61 Å². The first-order chi connectivity index (χ1) is 9.55. The van der Waals surface area contributed by atoms with Gasteiger partial charge in [0.05, 0.1) is 24.5 Å². The van der Waals surface area contributed by atoms with Crippen molar-refractivity contribution in [1.82, 2.24) is 10.3 Å². The molecule has 1 aliphatic heterocycles. The number of thiazole rings is 1. The van der Waals surface area contributed by atoms with E-state index >= 15 is 0 Å². The predicted molar refractivity (Wildman–Crippen MR) is 82.5 cm³/mol. The van der Waals surface area contributed by atoms with Crippen molar-refractivity contribution in [3.05, 3.63) is 10.6 Å². The summed E-state index contributed by atoms with van der Waals surface area (Å²) in [6.45, 7) is 11.3. The summed E-state index contributed by atoms with van der Waals surface area (Å²) in [5.74, 6) is 0. The fraction of sp³-hybridized carbons (Fsp3) is 0.786. The lowest BCUT2D eigenvalue weighted by Crippen LogP contribution is -2.48. The highest BCUT2D eigenvalue weighted by Crippen LogP contribution is 2.30. The van der Waals surface area contributed by atoms with Crippen molar-refractivity contribution in [1.29, 1.82) is 0 Å². The first kappa shape index (κ1) is 15.7. The van der Waals surface area contributed by atoms with Crippen molar-refractivity contribution in [2.75, 3.05) is 38.3 Å². The molecule has 0 spiro atoms. The van der Waals surface area contributed by atoms with Crippen molar-refractivity contribution < 1.29 is 9.47 Å². The van der Waals surface area contributed by atoms with E-state index in [-0.39, 0.29) is 5.60 Å². The molecule has 1 aliphatic rings. The Balaban J connectivity index is 2.14. The summed E-state index contributed by atoms with van der Waals surface area (Å²) in [4.78, 5) is 8.36. The Morgan fingerprint density at radius 2 is 2.30 bits per heavy atom. The van der Waals surface area contributed by atoms with E-state index in [1.807, 2.05) is 0 Å². The number of hydrogen-bond donors (Lipinski definition) is 1. The number of aromatic nitrogens is 1. The Bertz CT molecular complexity index is 434. The second-order valence-electron chi connectivity index (χ2n) is 5.61. The Kier molecular flexibility index (Phi) is 5.37. The lowest BCUT2D eigenvalue weighted by atomic mass is 10.1. The highest BCUT2D eigenvalue weighted by Gasteiger charge is 2.29.